The number of aryl methyl sites for hydroxylation is 1. The van der Waals surface area contributed by atoms with Gasteiger partial charge in [0.05, 0.1) is 22.2 Å². The predicted octanol–water partition coefficient (Wildman–Crippen LogP) is 5.39. The minimum atomic E-state index is -4.48. The maximum absolute atomic E-state index is 13.2. The van der Waals surface area contributed by atoms with E-state index in [0.717, 1.165) is 36.0 Å². The molecular weight excluding hydrogens is 443 g/mol. The van der Waals surface area contributed by atoms with Crippen LogP contribution in [0.2, 0.25) is 0 Å². The van der Waals surface area contributed by atoms with Gasteiger partial charge in [-0.15, -0.1) is 0 Å². The highest BCUT2D eigenvalue weighted by Crippen LogP contribution is 2.44. The Kier molecular flexibility index (Phi) is 4.05. The van der Waals surface area contributed by atoms with Gasteiger partial charge in [-0.2, -0.15) is 13.2 Å². The zero-order valence-corrected chi connectivity index (χ0v) is 18.4. The molecule has 34 heavy (non-hydrogen) atoms. The van der Waals surface area contributed by atoms with Crippen LogP contribution < -0.4 is 5.32 Å². The molecular formula is C26H20F3N3O2. The summed E-state index contributed by atoms with van der Waals surface area (Å²) in [6.07, 6.45) is -0.143. The number of halogens is 3. The molecule has 0 atom stereocenters. The molecule has 0 unspecified atom stereocenters. The molecule has 2 aliphatic heterocycles. The number of rotatable bonds is 2. The molecule has 2 N–H and O–H groups in total. The van der Waals surface area contributed by atoms with Crippen LogP contribution in [0.15, 0.2) is 48.8 Å². The molecule has 4 aromatic rings. The van der Waals surface area contributed by atoms with Gasteiger partial charge in [0.25, 0.3) is 11.8 Å². The van der Waals surface area contributed by atoms with Crippen LogP contribution in [-0.2, 0) is 27.7 Å². The number of aromatic nitrogens is 2. The average Bonchev–Trinajstić information content (AvgIpc) is 3.43. The second-order valence-electron chi connectivity index (χ2n) is 9.57. The van der Waals surface area contributed by atoms with Crippen LogP contribution in [0.5, 0.6) is 0 Å². The van der Waals surface area contributed by atoms with Gasteiger partial charge in [-0.3, -0.25) is 14.9 Å². The molecule has 2 aromatic heterocycles. The standard InChI is InChI=1S/C26H20F3N3O2/c1-25(2)8-9-32-12-17(15-4-3-5-18(25)22(15)32)21-20(23(33)31-24(21)34)16-11-30-19-10-13(26(27,28)29)6-7-14(16)19/h3-7,10-12,30H,8-9H2,1-2H3,(H,31,33,34). The summed E-state index contributed by atoms with van der Waals surface area (Å²) in [4.78, 5) is 28.8. The second-order valence-corrected chi connectivity index (χ2v) is 9.57. The SMILES string of the molecule is CC1(C)CCn2cc(C3=C(c4c[nH]c5cc(C(F)(F)F)ccc45)C(=O)NC3=O)c3cccc1c32. The molecule has 5 nitrogen and oxygen atoms in total. The minimum absolute atomic E-state index is 0.0247. The number of aromatic amines is 1. The first-order valence-corrected chi connectivity index (χ1v) is 11.0. The molecule has 0 saturated heterocycles. The van der Waals surface area contributed by atoms with E-state index in [1.807, 2.05) is 18.3 Å². The van der Waals surface area contributed by atoms with E-state index < -0.39 is 23.6 Å². The first kappa shape index (κ1) is 20.8. The van der Waals surface area contributed by atoms with Gasteiger partial charge in [0.2, 0.25) is 0 Å². The highest BCUT2D eigenvalue weighted by atomic mass is 19.4. The zero-order chi connectivity index (χ0) is 24.0. The Morgan fingerprint density at radius 1 is 0.971 bits per heavy atom. The number of hydrogen-bond acceptors (Lipinski definition) is 2. The summed E-state index contributed by atoms with van der Waals surface area (Å²) in [7, 11) is 0. The fourth-order valence-electron chi connectivity index (χ4n) is 5.30. The monoisotopic (exact) mass is 463 g/mol. The third-order valence-corrected chi connectivity index (χ3v) is 7.08. The molecule has 8 heteroatoms. The number of hydrogen-bond donors (Lipinski definition) is 2. The minimum Gasteiger partial charge on any atom is -0.361 e. The number of imide groups is 1. The van der Waals surface area contributed by atoms with Crippen molar-refractivity contribution in [2.45, 2.75) is 38.4 Å². The van der Waals surface area contributed by atoms with Gasteiger partial charge in [-0.25, -0.2) is 0 Å². The number of carbonyl (C=O) groups excluding carboxylic acids is 2. The third kappa shape index (κ3) is 2.81. The van der Waals surface area contributed by atoms with Crippen molar-refractivity contribution in [2.24, 2.45) is 0 Å². The molecule has 6 rings (SSSR count). The summed E-state index contributed by atoms with van der Waals surface area (Å²) in [5, 5.41) is 3.71. The molecule has 0 bridgehead atoms. The molecule has 4 heterocycles. The first-order valence-electron chi connectivity index (χ1n) is 11.0. The highest BCUT2D eigenvalue weighted by Gasteiger charge is 2.37. The Balaban J connectivity index is 1.61. The smallest absolute Gasteiger partial charge is 0.361 e. The number of para-hydroxylation sites is 1. The lowest BCUT2D eigenvalue weighted by atomic mass is 9.78. The Labute approximate surface area is 192 Å². The van der Waals surface area contributed by atoms with Crippen LogP contribution >= 0.6 is 0 Å². The molecule has 0 spiro atoms. The molecule has 0 radical (unpaired) electrons. The summed E-state index contributed by atoms with van der Waals surface area (Å²) in [5.74, 6) is -1.07. The van der Waals surface area contributed by atoms with Gasteiger partial charge in [-0.05, 0) is 29.5 Å². The Bertz CT molecular complexity index is 1580. The van der Waals surface area contributed by atoms with Crippen LogP contribution in [0.1, 0.15) is 42.5 Å². The van der Waals surface area contributed by atoms with Crippen molar-refractivity contribution in [2.75, 3.05) is 0 Å². The zero-order valence-electron chi connectivity index (χ0n) is 18.4. The van der Waals surface area contributed by atoms with E-state index in [-0.39, 0.29) is 22.1 Å². The quantitative estimate of drug-likeness (QED) is 0.392. The van der Waals surface area contributed by atoms with Gasteiger partial charge in [0.15, 0.2) is 0 Å². The number of nitrogens with zero attached hydrogens (tertiary/aromatic N) is 1. The van der Waals surface area contributed by atoms with Crippen molar-refractivity contribution >= 4 is 44.8 Å². The highest BCUT2D eigenvalue weighted by molar-refractivity contribution is 6.50. The maximum atomic E-state index is 13.2. The first-order chi connectivity index (χ1) is 16.1. The van der Waals surface area contributed by atoms with Crippen LogP contribution in [0, 0.1) is 0 Å². The van der Waals surface area contributed by atoms with E-state index in [4.69, 9.17) is 0 Å². The third-order valence-electron chi connectivity index (χ3n) is 7.08. The topological polar surface area (TPSA) is 66.9 Å². The van der Waals surface area contributed by atoms with Crippen LogP contribution in [0.4, 0.5) is 13.2 Å². The van der Waals surface area contributed by atoms with E-state index in [0.29, 0.717) is 16.5 Å². The lowest BCUT2D eigenvalue weighted by molar-refractivity contribution is -0.137. The van der Waals surface area contributed by atoms with Crippen LogP contribution in [-0.4, -0.2) is 21.4 Å². The fourth-order valence-corrected chi connectivity index (χ4v) is 5.30. The largest absolute Gasteiger partial charge is 0.416 e. The number of alkyl halides is 3. The lowest BCUT2D eigenvalue weighted by Gasteiger charge is -2.31. The number of H-pyrrole nitrogens is 1. The second kappa shape index (κ2) is 6.62. The van der Waals surface area contributed by atoms with E-state index >= 15 is 0 Å². The van der Waals surface area contributed by atoms with Gasteiger partial charge < -0.3 is 9.55 Å². The number of carbonyl (C=O) groups is 2. The molecule has 0 fully saturated rings. The van der Waals surface area contributed by atoms with E-state index in [1.54, 1.807) is 0 Å². The summed E-state index contributed by atoms with van der Waals surface area (Å²) < 4.78 is 41.6. The van der Waals surface area contributed by atoms with Gasteiger partial charge in [0, 0.05) is 46.4 Å². The molecule has 2 aromatic carbocycles. The van der Waals surface area contributed by atoms with Gasteiger partial charge in [0.1, 0.15) is 0 Å². The fraction of sp³-hybridized carbons (Fsp3) is 0.231. The maximum Gasteiger partial charge on any atom is 0.416 e. The van der Waals surface area contributed by atoms with Gasteiger partial charge in [-0.1, -0.05) is 38.1 Å². The van der Waals surface area contributed by atoms with Crippen LogP contribution in [0.25, 0.3) is 33.0 Å². The summed E-state index contributed by atoms with van der Waals surface area (Å²) >= 11 is 0. The molecule has 0 aliphatic carbocycles. The van der Waals surface area contributed by atoms with Gasteiger partial charge >= 0.3 is 6.18 Å². The number of fused-ring (bicyclic) bond motifs is 1. The number of nitrogens with one attached hydrogen (secondary N) is 2. The normalized spacial score (nSPS) is 17.8. The molecule has 172 valence electrons. The number of benzene rings is 2. The summed E-state index contributed by atoms with van der Waals surface area (Å²) in [6.45, 7) is 5.16. The van der Waals surface area contributed by atoms with Crippen molar-refractivity contribution in [1.29, 1.82) is 0 Å². The Morgan fingerprint density at radius 2 is 1.71 bits per heavy atom. The summed E-state index contributed by atoms with van der Waals surface area (Å²) in [5.41, 5.74) is 3.11. The lowest BCUT2D eigenvalue weighted by Crippen LogP contribution is -2.25. The van der Waals surface area contributed by atoms with Crippen LogP contribution in [0.3, 0.4) is 0 Å². The van der Waals surface area contributed by atoms with E-state index in [9.17, 15) is 22.8 Å². The number of amides is 2. The molecule has 2 aliphatic rings. The van der Waals surface area contributed by atoms with Crippen molar-refractivity contribution in [3.63, 3.8) is 0 Å². The van der Waals surface area contributed by atoms with Crippen molar-refractivity contribution in [3.05, 3.63) is 71.0 Å². The predicted molar refractivity (Wildman–Crippen MR) is 123 cm³/mol. The van der Waals surface area contributed by atoms with Crippen molar-refractivity contribution < 1.29 is 22.8 Å². The van der Waals surface area contributed by atoms with Crippen molar-refractivity contribution in [1.82, 2.24) is 14.9 Å². The molecule has 2 amide bonds. The molecule has 0 saturated carbocycles. The van der Waals surface area contributed by atoms with E-state index in [1.165, 1.54) is 17.8 Å². The van der Waals surface area contributed by atoms with E-state index in [2.05, 4.69) is 34.8 Å². The van der Waals surface area contributed by atoms with Crippen molar-refractivity contribution in [3.8, 4) is 0 Å². The summed E-state index contributed by atoms with van der Waals surface area (Å²) in [6, 6.07) is 9.32. The Hall–Kier alpha value is -3.81. The average molecular weight is 463 g/mol. The Morgan fingerprint density at radius 3 is 2.44 bits per heavy atom.